The van der Waals surface area contributed by atoms with Crippen LogP contribution in [0.15, 0.2) is 66.3 Å². The average Bonchev–Trinajstić information content (AvgIpc) is 3.61. The lowest BCUT2D eigenvalue weighted by Crippen LogP contribution is -2.58. The standard InChI is InChI=1S/C45H53N7O15/c1-7-45(62)23(2)32(21-65-43(45)60)42(59)52-19-29-16-28-17-31(12-13-33(28)49-37(29)25(52)4)67-44(61)66-20-27-8-10-30(11-9-27)48-40(57)34(18-35(46)54)50-39(56)24(3)47-41(58)38(26(5)53)51-36(55)22-64-15-14-63-6/h8-13,16-17,24,26,34,38,53,62H,4,7,14-15,18-22H2,1-3,5-6H3,(H2,46,54)(H,47,58)(H,48,57)(H,50,56)(H,51,55)/t24-,26?,34?,38-,45?/m0/s1. The largest absolute Gasteiger partial charge is 0.514 e. The van der Waals surface area contributed by atoms with Gasteiger partial charge in [0.2, 0.25) is 29.5 Å². The van der Waals surface area contributed by atoms with Gasteiger partial charge in [0.1, 0.15) is 43.7 Å². The molecule has 0 fully saturated rings. The maximum atomic E-state index is 13.6. The third kappa shape index (κ3) is 12.5. The molecule has 0 aliphatic carbocycles. The number of primary amides is 1. The van der Waals surface area contributed by atoms with E-state index in [2.05, 4.69) is 32.8 Å². The number of nitrogens with zero attached hydrogens (tertiary/aromatic N) is 2. The summed E-state index contributed by atoms with van der Waals surface area (Å²) in [5.74, 6) is -5.36. The molecule has 22 heteroatoms. The van der Waals surface area contributed by atoms with E-state index in [9.17, 15) is 48.6 Å². The van der Waals surface area contributed by atoms with E-state index in [-0.39, 0.29) is 62.0 Å². The third-order valence-corrected chi connectivity index (χ3v) is 10.9. The van der Waals surface area contributed by atoms with Crippen LogP contribution in [0.25, 0.3) is 16.6 Å². The van der Waals surface area contributed by atoms with Gasteiger partial charge >= 0.3 is 12.1 Å². The molecule has 0 bridgehead atoms. The number of hydrogen-bond donors (Lipinski definition) is 7. The topological polar surface area (TPSA) is 313 Å². The number of carbonyl (C=O) groups excluding carboxylic acids is 8. The fraction of sp³-hybridized carbons (Fsp3) is 0.400. The summed E-state index contributed by atoms with van der Waals surface area (Å²) in [7, 11) is 1.45. The van der Waals surface area contributed by atoms with E-state index in [1.807, 2.05) is 0 Å². The lowest BCUT2D eigenvalue weighted by molar-refractivity contribution is -0.163. The maximum Gasteiger partial charge on any atom is 0.514 e. The summed E-state index contributed by atoms with van der Waals surface area (Å²) in [6.45, 7) is 9.29. The Hall–Kier alpha value is -7.27. The first kappa shape index (κ1) is 50.7. The van der Waals surface area contributed by atoms with Gasteiger partial charge in [0.25, 0.3) is 5.91 Å². The highest BCUT2D eigenvalue weighted by Gasteiger charge is 2.45. The minimum absolute atomic E-state index is 0.0322. The Morgan fingerprint density at radius 2 is 1.70 bits per heavy atom. The molecule has 0 saturated heterocycles. The highest BCUT2D eigenvalue weighted by molar-refractivity contribution is 6.04. The molecule has 2 aliphatic rings. The number of aliphatic hydroxyl groups excluding tert-OH is 1. The molecule has 0 radical (unpaired) electrons. The number of esters is 1. The molecular weight excluding hydrogens is 879 g/mol. The van der Waals surface area contributed by atoms with Crippen molar-refractivity contribution < 1.29 is 72.3 Å². The van der Waals surface area contributed by atoms with E-state index < -0.39 is 90.4 Å². The zero-order valence-corrected chi connectivity index (χ0v) is 37.5. The molecule has 0 spiro atoms. The van der Waals surface area contributed by atoms with Crippen LogP contribution in [0.3, 0.4) is 0 Å². The molecule has 5 rings (SSSR count). The molecule has 6 amide bonds. The zero-order chi connectivity index (χ0) is 49.2. The molecular formula is C45H53N7O15. The van der Waals surface area contributed by atoms with Crippen molar-refractivity contribution in [3.8, 4) is 5.75 Å². The van der Waals surface area contributed by atoms with Crippen molar-refractivity contribution in [2.45, 2.75) is 83.5 Å². The summed E-state index contributed by atoms with van der Waals surface area (Å²) in [6, 6.07) is 8.32. The number of cyclic esters (lactones) is 1. The Morgan fingerprint density at radius 3 is 2.36 bits per heavy atom. The second kappa shape index (κ2) is 22.3. The van der Waals surface area contributed by atoms with Gasteiger partial charge < -0.3 is 65.8 Å². The van der Waals surface area contributed by atoms with Crippen LogP contribution in [0.4, 0.5) is 10.5 Å². The Bertz CT molecular complexity index is 2470. The molecule has 3 heterocycles. The van der Waals surface area contributed by atoms with Gasteiger partial charge in [-0.3, -0.25) is 28.8 Å². The van der Waals surface area contributed by atoms with Gasteiger partial charge in [-0.25, -0.2) is 14.6 Å². The van der Waals surface area contributed by atoms with Crippen molar-refractivity contribution >= 4 is 69.9 Å². The maximum absolute atomic E-state index is 13.6. The number of fused-ring (bicyclic) bond motifs is 2. The normalized spacial score (nSPS) is 17.3. The van der Waals surface area contributed by atoms with E-state index in [1.165, 1.54) is 63.1 Å². The molecule has 2 aliphatic heterocycles. The first-order valence-electron chi connectivity index (χ1n) is 21.0. The molecule has 0 saturated carbocycles. The summed E-state index contributed by atoms with van der Waals surface area (Å²) < 4.78 is 25.8. The van der Waals surface area contributed by atoms with Crippen molar-refractivity contribution in [1.82, 2.24) is 25.8 Å². The van der Waals surface area contributed by atoms with Crippen molar-refractivity contribution in [2.24, 2.45) is 5.73 Å². The van der Waals surface area contributed by atoms with E-state index >= 15 is 0 Å². The average molecular weight is 932 g/mol. The van der Waals surface area contributed by atoms with Gasteiger partial charge in [-0.2, -0.15) is 0 Å². The number of ether oxygens (including phenoxy) is 5. The van der Waals surface area contributed by atoms with Crippen molar-refractivity contribution in [1.29, 1.82) is 0 Å². The number of rotatable bonds is 20. The first-order valence-corrected chi connectivity index (χ1v) is 21.0. The number of nitrogens with one attached hydrogen (secondary N) is 4. The van der Waals surface area contributed by atoms with Crippen LogP contribution in [0.2, 0.25) is 0 Å². The summed E-state index contributed by atoms with van der Waals surface area (Å²) in [6.07, 6.45) is -2.95. The van der Waals surface area contributed by atoms with Crippen LogP contribution in [0.1, 0.15) is 57.4 Å². The molecule has 3 unspecified atom stereocenters. The smallest absolute Gasteiger partial charge is 0.458 e. The number of hydrogen-bond acceptors (Lipinski definition) is 16. The monoisotopic (exact) mass is 931 g/mol. The van der Waals surface area contributed by atoms with Gasteiger partial charge in [-0.05, 0) is 74.7 Å². The van der Waals surface area contributed by atoms with Gasteiger partial charge in [0, 0.05) is 23.7 Å². The summed E-state index contributed by atoms with van der Waals surface area (Å²) >= 11 is 0. The minimum atomic E-state index is -1.90. The molecule has 3 aromatic rings. The number of aliphatic hydroxyl groups is 2. The molecule has 1 aromatic heterocycles. The number of anilines is 1. The number of pyridine rings is 1. The number of aromatic nitrogens is 1. The molecule has 22 nitrogen and oxygen atoms in total. The summed E-state index contributed by atoms with van der Waals surface area (Å²) in [4.78, 5) is 108. The number of amides is 6. The second-order valence-corrected chi connectivity index (χ2v) is 15.7. The van der Waals surface area contributed by atoms with E-state index in [0.29, 0.717) is 33.4 Å². The Morgan fingerprint density at radius 1 is 0.985 bits per heavy atom. The Labute approximate surface area is 384 Å². The lowest BCUT2D eigenvalue weighted by atomic mass is 9.86. The minimum Gasteiger partial charge on any atom is -0.458 e. The number of nitrogens with two attached hydrogens (primary N) is 1. The summed E-state index contributed by atoms with van der Waals surface area (Å²) in [5.41, 5.74) is 6.56. The third-order valence-electron chi connectivity index (χ3n) is 10.9. The lowest BCUT2D eigenvalue weighted by Gasteiger charge is -2.33. The number of methoxy groups -OCH3 is 1. The second-order valence-electron chi connectivity index (χ2n) is 15.7. The zero-order valence-electron chi connectivity index (χ0n) is 37.5. The fourth-order valence-corrected chi connectivity index (χ4v) is 6.97. The predicted molar refractivity (Wildman–Crippen MR) is 236 cm³/mol. The molecule has 8 N–H and O–H groups in total. The highest BCUT2D eigenvalue weighted by Crippen LogP contribution is 2.37. The van der Waals surface area contributed by atoms with E-state index in [1.54, 1.807) is 25.1 Å². The van der Waals surface area contributed by atoms with Crippen molar-refractivity contribution in [2.75, 3.05) is 38.9 Å². The van der Waals surface area contributed by atoms with Crippen molar-refractivity contribution in [3.05, 3.63) is 83.1 Å². The molecule has 358 valence electrons. The van der Waals surface area contributed by atoms with Gasteiger partial charge in [0.15, 0.2) is 5.60 Å². The number of carbonyl (C=O) groups is 8. The fourth-order valence-electron chi connectivity index (χ4n) is 6.97. The summed E-state index contributed by atoms with van der Waals surface area (Å²) in [5, 5.41) is 31.2. The predicted octanol–water partition coefficient (Wildman–Crippen LogP) is 0.610. The highest BCUT2D eigenvalue weighted by atomic mass is 16.7. The van der Waals surface area contributed by atoms with Gasteiger partial charge in [-0.1, -0.05) is 25.6 Å². The van der Waals surface area contributed by atoms with E-state index in [0.717, 1.165) is 0 Å². The van der Waals surface area contributed by atoms with Crippen LogP contribution in [-0.2, 0) is 65.7 Å². The number of benzene rings is 2. The van der Waals surface area contributed by atoms with Crippen LogP contribution in [0, 0.1) is 0 Å². The van der Waals surface area contributed by atoms with Gasteiger partial charge in [-0.15, -0.1) is 0 Å². The first-order chi connectivity index (χ1) is 31.8. The van der Waals surface area contributed by atoms with Crippen LogP contribution in [0.5, 0.6) is 5.75 Å². The van der Waals surface area contributed by atoms with Crippen LogP contribution >= 0.6 is 0 Å². The SMILES string of the molecule is C=C1c2nc3ccc(OC(=O)OCc4ccc(NC(=O)C(CC(N)=O)NC(=O)[C@H](C)NC(=O)[C@@H](NC(=O)COCCOC)C(C)O)cc4)cc3cc2CN1C(=O)C1=C(C)C(O)(CC)C(=O)OC1. The van der Waals surface area contributed by atoms with Gasteiger partial charge in [0.05, 0.1) is 54.8 Å². The molecule has 2 aromatic carbocycles. The van der Waals surface area contributed by atoms with Crippen molar-refractivity contribution in [3.63, 3.8) is 0 Å². The Kier molecular flexibility index (Phi) is 16.9. The molecule has 5 atom stereocenters. The van der Waals surface area contributed by atoms with Crippen LogP contribution in [-0.4, -0.2) is 131 Å². The van der Waals surface area contributed by atoms with Crippen LogP contribution < -0.4 is 31.7 Å². The van der Waals surface area contributed by atoms with E-state index in [4.69, 9.17) is 29.4 Å². The molecule has 67 heavy (non-hydrogen) atoms. The quantitative estimate of drug-likeness (QED) is 0.0464. The Balaban J connectivity index is 1.12.